The lowest BCUT2D eigenvalue weighted by Gasteiger charge is -2.26. The molecule has 5 nitrogen and oxygen atoms in total. The summed E-state index contributed by atoms with van der Waals surface area (Å²) >= 11 is 0. The SMILES string of the molecule is C/C=C\C(=C/C=C(C)C)NC(=O)OCCN1CCOCC1. The number of ether oxygens (including phenoxy) is 2. The zero-order valence-corrected chi connectivity index (χ0v) is 13.2. The lowest BCUT2D eigenvalue weighted by atomic mass is 10.3. The maximum atomic E-state index is 11.7. The molecule has 0 saturated carbocycles. The normalized spacial score (nSPS) is 16.8. The summed E-state index contributed by atoms with van der Waals surface area (Å²) in [7, 11) is 0. The molecule has 1 rings (SSSR count). The minimum Gasteiger partial charge on any atom is -0.448 e. The minimum atomic E-state index is -0.422. The van der Waals surface area contributed by atoms with Gasteiger partial charge in [0, 0.05) is 25.3 Å². The van der Waals surface area contributed by atoms with Gasteiger partial charge in [-0.3, -0.25) is 10.2 Å². The number of hydrogen-bond donors (Lipinski definition) is 1. The van der Waals surface area contributed by atoms with Gasteiger partial charge in [-0.2, -0.15) is 0 Å². The van der Waals surface area contributed by atoms with Gasteiger partial charge < -0.3 is 9.47 Å². The third-order valence-corrected chi connectivity index (χ3v) is 2.93. The maximum absolute atomic E-state index is 11.7. The molecule has 0 spiro atoms. The minimum absolute atomic E-state index is 0.387. The first-order valence-corrected chi connectivity index (χ1v) is 7.33. The van der Waals surface area contributed by atoms with Gasteiger partial charge in [0.25, 0.3) is 0 Å². The van der Waals surface area contributed by atoms with Crippen LogP contribution in [0.3, 0.4) is 0 Å². The average molecular weight is 294 g/mol. The Morgan fingerprint density at radius 3 is 2.62 bits per heavy atom. The fourth-order valence-corrected chi connectivity index (χ4v) is 1.82. The standard InChI is InChI=1S/C16H26N2O3/c1-4-5-15(7-6-14(2)3)17-16(19)21-13-10-18-8-11-20-12-9-18/h4-7H,8-13H2,1-3H3,(H,17,19)/b5-4-,15-7+. The number of nitrogens with one attached hydrogen (secondary N) is 1. The molecule has 1 heterocycles. The third kappa shape index (κ3) is 8.32. The third-order valence-electron chi connectivity index (χ3n) is 2.93. The van der Waals surface area contributed by atoms with Crippen molar-refractivity contribution in [1.82, 2.24) is 10.2 Å². The van der Waals surface area contributed by atoms with Crippen LogP contribution in [-0.2, 0) is 9.47 Å². The van der Waals surface area contributed by atoms with E-state index >= 15 is 0 Å². The molecule has 0 unspecified atom stereocenters. The van der Waals surface area contributed by atoms with E-state index in [2.05, 4.69) is 10.2 Å². The maximum Gasteiger partial charge on any atom is 0.411 e. The van der Waals surface area contributed by atoms with Crippen LogP contribution in [0, 0.1) is 0 Å². The number of carbonyl (C=O) groups excluding carboxylic acids is 1. The van der Waals surface area contributed by atoms with Crippen molar-refractivity contribution in [3.05, 3.63) is 35.6 Å². The van der Waals surface area contributed by atoms with Crippen molar-refractivity contribution >= 4 is 6.09 Å². The van der Waals surface area contributed by atoms with Crippen molar-refractivity contribution in [1.29, 1.82) is 0 Å². The van der Waals surface area contributed by atoms with E-state index in [1.165, 1.54) is 5.57 Å². The topological polar surface area (TPSA) is 50.8 Å². The monoisotopic (exact) mass is 294 g/mol. The van der Waals surface area contributed by atoms with Crippen LogP contribution in [-0.4, -0.2) is 50.4 Å². The van der Waals surface area contributed by atoms with Gasteiger partial charge in [-0.15, -0.1) is 0 Å². The Balaban J connectivity index is 2.32. The fraction of sp³-hybridized carbons (Fsp3) is 0.562. The van der Waals surface area contributed by atoms with Crippen molar-refractivity contribution in [3.8, 4) is 0 Å². The summed E-state index contributed by atoms with van der Waals surface area (Å²) in [6, 6.07) is 0. The number of amides is 1. The summed E-state index contributed by atoms with van der Waals surface area (Å²) in [6.45, 7) is 10.3. The molecule has 0 aromatic heterocycles. The second kappa shape index (κ2) is 10.2. The van der Waals surface area contributed by atoms with Crippen LogP contribution in [0.2, 0.25) is 0 Å². The van der Waals surface area contributed by atoms with Gasteiger partial charge in [-0.25, -0.2) is 4.79 Å². The first-order chi connectivity index (χ1) is 10.1. The van der Waals surface area contributed by atoms with Crippen LogP contribution in [0.25, 0.3) is 0 Å². The van der Waals surface area contributed by atoms with E-state index in [1.54, 1.807) is 0 Å². The van der Waals surface area contributed by atoms with E-state index in [0.29, 0.717) is 6.61 Å². The molecular formula is C16H26N2O3. The van der Waals surface area contributed by atoms with E-state index in [-0.39, 0.29) is 0 Å². The first-order valence-electron chi connectivity index (χ1n) is 7.33. The number of rotatable bonds is 6. The molecule has 1 amide bonds. The van der Waals surface area contributed by atoms with Crippen LogP contribution in [0.15, 0.2) is 35.6 Å². The van der Waals surface area contributed by atoms with Gasteiger partial charge >= 0.3 is 6.09 Å². The Bertz CT molecular complexity index is 404. The van der Waals surface area contributed by atoms with Crippen molar-refractivity contribution in [2.24, 2.45) is 0 Å². The first kappa shape index (κ1) is 17.5. The summed E-state index contributed by atoms with van der Waals surface area (Å²) in [4.78, 5) is 14.0. The molecule has 0 atom stereocenters. The highest BCUT2D eigenvalue weighted by molar-refractivity contribution is 5.70. The van der Waals surface area contributed by atoms with Crippen LogP contribution in [0.5, 0.6) is 0 Å². The molecular weight excluding hydrogens is 268 g/mol. The largest absolute Gasteiger partial charge is 0.448 e. The fourth-order valence-electron chi connectivity index (χ4n) is 1.82. The summed E-state index contributed by atoms with van der Waals surface area (Å²) < 4.78 is 10.5. The van der Waals surface area contributed by atoms with Crippen LogP contribution in [0.1, 0.15) is 20.8 Å². The number of carbonyl (C=O) groups is 1. The van der Waals surface area contributed by atoms with Crippen molar-refractivity contribution in [2.45, 2.75) is 20.8 Å². The summed E-state index contributed by atoms with van der Waals surface area (Å²) in [6.07, 6.45) is 7.10. The van der Waals surface area contributed by atoms with Crippen molar-refractivity contribution in [3.63, 3.8) is 0 Å². The Morgan fingerprint density at radius 1 is 1.29 bits per heavy atom. The average Bonchev–Trinajstić information content (AvgIpc) is 2.46. The zero-order valence-electron chi connectivity index (χ0n) is 13.2. The molecule has 118 valence electrons. The molecule has 0 bridgehead atoms. The highest BCUT2D eigenvalue weighted by atomic mass is 16.5. The molecule has 1 aliphatic rings. The highest BCUT2D eigenvalue weighted by Crippen LogP contribution is 1.99. The Morgan fingerprint density at radius 2 is 2.00 bits per heavy atom. The molecule has 5 heteroatoms. The van der Waals surface area contributed by atoms with E-state index in [1.807, 2.05) is 45.1 Å². The number of hydrogen-bond acceptors (Lipinski definition) is 4. The summed E-state index contributed by atoms with van der Waals surface area (Å²) in [5.74, 6) is 0. The number of morpholine rings is 1. The molecule has 0 aromatic rings. The van der Waals surface area contributed by atoms with E-state index in [4.69, 9.17) is 9.47 Å². The number of nitrogens with zero attached hydrogens (tertiary/aromatic N) is 1. The van der Waals surface area contributed by atoms with Gasteiger partial charge in [0.15, 0.2) is 0 Å². The molecule has 0 aliphatic carbocycles. The smallest absolute Gasteiger partial charge is 0.411 e. The van der Waals surface area contributed by atoms with Gasteiger partial charge in [0.1, 0.15) is 6.61 Å². The second-order valence-electron chi connectivity index (χ2n) is 5.08. The molecule has 1 N–H and O–H groups in total. The van der Waals surface area contributed by atoms with Crippen LogP contribution in [0.4, 0.5) is 4.79 Å². The van der Waals surface area contributed by atoms with Gasteiger partial charge in [-0.05, 0) is 32.9 Å². The molecule has 1 saturated heterocycles. The molecule has 1 fully saturated rings. The number of allylic oxidation sites excluding steroid dienone is 5. The molecule has 1 aliphatic heterocycles. The lowest BCUT2D eigenvalue weighted by Crippen LogP contribution is -2.39. The number of alkyl carbamates (subject to hydrolysis) is 1. The van der Waals surface area contributed by atoms with E-state index in [0.717, 1.165) is 38.5 Å². The predicted molar refractivity (Wildman–Crippen MR) is 84.1 cm³/mol. The van der Waals surface area contributed by atoms with Crippen molar-refractivity contribution in [2.75, 3.05) is 39.5 Å². The van der Waals surface area contributed by atoms with Gasteiger partial charge in [-0.1, -0.05) is 17.7 Å². The summed E-state index contributed by atoms with van der Waals surface area (Å²) in [5, 5.41) is 2.74. The lowest BCUT2D eigenvalue weighted by molar-refractivity contribution is 0.0283. The Labute approximate surface area is 127 Å². The van der Waals surface area contributed by atoms with Gasteiger partial charge in [0.2, 0.25) is 0 Å². The van der Waals surface area contributed by atoms with Crippen LogP contribution >= 0.6 is 0 Å². The van der Waals surface area contributed by atoms with Gasteiger partial charge in [0.05, 0.1) is 13.2 Å². The molecule has 21 heavy (non-hydrogen) atoms. The zero-order chi connectivity index (χ0) is 15.5. The Kier molecular flexibility index (Phi) is 8.47. The predicted octanol–water partition coefficient (Wildman–Crippen LogP) is 2.47. The molecule has 0 radical (unpaired) electrons. The quantitative estimate of drug-likeness (QED) is 0.765. The highest BCUT2D eigenvalue weighted by Gasteiger charge is 2.10. The second-order valence-corrected chi connectivity index (χ2v) is 5.08. The Hall–Kier alpha value is -1.59. The van der Waals surface area contributed by atoms with E-state index in [9.17, 15) is 4.79 Å². The van der Waals surface area contributed by atoms with Crippen molar-refractivity contribution < 1.29 is 14.3 Å². The van der Waals surface area contributed by atoms with E-state index < -0.39 is 6.09 Å². The van der Waals surface area contributed by atoms with Crippen LogP contribution < -0.4 is 5.32 Å². The summed E-state index contributed by atoms with van der Waals surface area (Å²) in [5.41, 5.74) is 1.88. The molecule has 0 aromatic carbocycles.